The van der Waals surface area contributed by atoms with Gasteiger partial charge in [-0.15, -0.1) is 0 Å². The van der Waals surface area contributed by atoms with E-state index >= 15 is 0 Å². The molecule has 0 saturated heterocycles. The summed E-state index contributed by atoms with van der Waals surface area (Å²) in [6.45, 7) is 7.77. The maximum absolute atomic E-state index is 14.0. The molecule has 0 fully saturated rings. The molecule has 0 spiro atoms. The van der Waals surface area contributed by atoms with Gasteiger partial charge in [-0.3, -0.25) is 13.9 Å². The highest BCUT2D eigenvalue weighted by atomic mass is 35.5. The van der Waals surface area contributed by atoms with Crippen molar-refractivity contribution in [3.63, 3.8) is 0 Å². The number of benzene rings is 3. The summed E-state index contributed by atoms with van der Waals surface area (Å²) in [5.41, 5.74) is 1.92. The number of carbonyl (C=O) groups excluding carboxylic acids is 2. The van der Waals surface area contributed by atoms with Crippen molar-refractivity contribution in [3.8, 4) is 0 Å². The first-order chi connectivity index (χ1) is 18.5. The average molecular weight is 570 g/mol. The lowest BCUT2D eigenvalue weighted by atomic mass is 10.1. The van der Waals surface area contributed by atoms with Crippen LogP contribution in [0.5, 0.6) is 0 Å². The molecular weight excluding hydrogens is 534 g/mol. The largest absolute Gasteiger partial charge is 0.354 e. The van der Waals surface area contributed by atoms with E-state index in [9.17, 15) is 18.0 Å². The number of hydrogen-bond donors (Lipinski definition) is 1. The fourth-order valence-electron chi connectivity index (χ4n) is 4.13. The summed E-state index contributed by atoms with van der Waals surface area (Å²) >= 11 is 6.45. The van der Waals surface area contributed by atoms with Crippen LogP contribution in [0.2, 0.25) is 5.02 Å². The molecule has 208 valence electrons. The number of nitrogens with one attached hydrogen (secondary N) is 1. The van der Waals surface area contributed by atoms with Crippen molar-refractivity contribution in [1.29, 1.82) is 0 Å². The quantitative estimate of drug-likeness (QED) is 0.315. The molecular formula is C30H36ClN3O4S. The fourth-order valence-corrected chi connectivity index (χ4v) is 5.85. The van der Waals surface area contributed by atoms with Gasteiger partial charge in [0.2, 0.25) is 11.8 Å². The molecule has 0 aromatic heterocycles. The zero-order valence-electron chi connectivity index (χ0n) is 22.8. The number of sulfonamides is 1. The number of nitrogens with zero attached hydrogens (tertiary/aromatic N) is 2. The van der Waals surface area contributed by atoms with E-state index in [2.05, 4.69) is 5.32 Å². The lowest BCUT2D eigenvalue weighted by Gasteiger charge is -2.33. The number of para-hydroxylation sites is 1. The van der Waals surface area contributed by atoms with Crippen molar-refractivity contribution >= 4 is 39.1 Å². The molecule has 3 aromatic rings. The molecule has 3 rings (SSSR count). The Morgan fingerprint density at radius 1 is 0.923 bits per heavy atom. The second-order valence-corrected chi connectivity index (χ2v) is 12.1. The van der Waals surface area contributed by atoms with Crippen LogP contribution in [-0.4, -0.2) is 44.3 Å². The lowest BCUT2D eigenvalue weighted by molar-refractivity contribution is -0.140. The normalized spacial score (nSPS) is 12.2. The Balaban J connectivity index is 2.04. The van der Waals surface area contributed by atoms with Crippen molar-refractivity contribution in [1.82, 2.24) is 10.2 Å². The zero-order valence-corrected chi connectivity index (χ0v) is 24.4. The van der Waals surface area contributed by atoms with Crippen molar-refractivity contribution in [2.45, 2.75) is 51.6 Å². The summed E-state index contributed by atoms with van der Waals surface area (Å²) in [6, 6.07) is 21.5. The van der Waals surface area contributed by atoms with Crippen LogP contribution in [0.1, 0.15) is 38.3 Å². The van der Waals surface area contributed by atoms with Gasteiger partial charge < -0.3 is 10.2 Å². The van der Waals surface area contributed by atoms with Gasteiger partial charge in [0.05, 0.1) is 15.6 Å². The summed E-state index contributed by atoms with van der Waals surface area (Å²) in [5, 5.41) is 3.12. The van der Waals surface area contributed by atoms with Gasteiger partial charge >= 0.3 is 0 Å². The van der Waals surface area contributed by atoms with E-state index in [0.717, 1.165) is 15.4 Å². The highest BCUT2D eigenvalue weighted by Gasteiger charge is 2.34. The SMILES string of the molecule is CC[C@@H](C(=O)NCC(C)C)N(Cc1ccccc1)C(=O)CN(c1ccccc1Cl)S(=O)(=O)c1ccc(C)cc1. The van der Waals surface area contributed by atoms with Crippen LogP contribution in [0.4, 0.5) is 5.69 Å². The summed E-state index contributed by atoms with van der Waals surface area (Å²) in [6.07, 6.45) is 0.360. The van der Waals surface area contributed by atoms with Crippen molar-refractivity contribution < 1.29 is 18.0 Å². The molecule has 0 saturated carbocycles. The Morgan fingerprint density at radius 3 is 2.13 bits per heavy atom. The minimum absolute atomic E-state index is 0.0390. The van der Waals surface area contributed by atoms with E-state index in [4.69, 9.17) is 11.6 Å². The molecule has 1 atom stereocenters. The Hall–Kier alpha value is -3.36. The van der Waals surface area contributed by atoms with E-state index < -0.39 is 28.5 Å². The molecule has 0 aliphatic carbocycles. The minimum atomic E-state index is -4.17. The van der Waals surface area contributed by atoms with Crippen molar-refractivity contribution in [2.24, 2.45) is 5.92 Å². The Morgan fingerprint density at radius 2 is 1.54 bits per heavy atom. The predicted octanol–water partition coefficient (Wildman–Crippen LogP) is 5.42. The monoisotopic (exact) mass is 569 g/mol. The number of amides is 2. The maximum Gasteiger partial charge on any atom is 0.264 e. The molecule has 3 aromatic carbocycles. The van der Waals surface area contributed by atoms with Gasteiger partial charge in [0, 0.05) is 13.1 Å². The topological polar surface area (TPSA) is 86.8 Å². The second-order valence-electron chi connectivity index (χ2n) is 9.85. The van der Waals surface area contributed by atoms with Crippen LogP contribution in [0, 0.1) is 12.8 Å². The molecule has 0 unspecified atom stereocenters. The zero-order chi connectivity index (χ0) is 28.6. The molecule has 39 heavy (non-hydrogen) atoms. The van der Waals surface area contributed by atoms with Crippen LogP contribution < -0.4 is 9.62 Å². The van der Waals surface area contributed by atoms with Crippen LogP contribution in [0.25, 0.3) is 0 Å². The first-order valence-electron chi connectivity index (χ1n) is 13.0. The summed E-state index contributed by atoms with van der Waals surface area (Å²) in [7, 11) is -4.17. The Bertz CT molecular complexity index is 1360. The van der Waals surface area contributed by atoms with Crippen LogP contribution >= 0.6 is 11.6 Å². The molecule has 1 N–H and O–H groups in total. The average Bonchev–Trinajstić information content (AvgIpc) is 2.91. The summed E-state index contributed by atoms with van der Waals surface area (Å²) in [5.74, 6) is -0.553. The molecule has 2 amide bonds. The van der Waals surface area contributed by atoms with Gasteiger partial charge in [-0.25, -0.2) is 8.42 Å². The van der Waals surface area contributed by atoms with Crippen molar-refractivity contribution in [2.75, 3.05) is 17.4 Å². The van der Waals surface area contributed by atoms with Crippen molar-refractivity contribution in [3.05, 3.63) is 95.0 Å². The van der Waals surface area contributed by atoms with Crippen LogP contribution in [-0.2, 0) is 26.2 Å². The Labute approximate surface area is 236 Å². The minimum Gasteiger partial charge on any atom is -0.354 e. The third-order valence-corrected chi connectivity index (χ3v) is 8.37. The molecule has 0 radical (unpaired) electrons. The third kappa shape index (κ3) is 7.83. The molecule has 7 nitrogen and oxygen atoms in total. The highest BCUT2D eigenvalue weighted by Crippen LogP contribution is 2.31. The summed E-state index contributed by atoms with van der Waals surface area (Å²) in [4.78, 5) is 28.7. The van der Waals surface area contributed by atoms with E-state index in [0.29, 0.717) is 13.0 Å². The number of hydrogen-bond acceptors (Lipinski definition) is 4. The standard InChI is InChI=1S/C30H36ClN3O4S/c1-5-27(30(36)32-19-22(2)3)33(20-24-11-7-6-8-12-24)29(35)21-34(28-14-10-9-13-26(28)31)39(37,38)25-17-15-23(4)16-18-25/h6-18,22,27H,5,19-21H2,1-4H3,(H,32,36)/t27-/m0/s1. The first kappa shape index (κ1) is 30.2. The number of halogens is 1. The molecule has 0 aliphatic rings. The van der Waals surface area contributed by atoms with Crippen LogP contribution in [0.15, 0.2) is 83.8 Å². The van der Waals surface area contributed by atoms with Gasteiger partial charge in [-0.05, 0) is 49.1 Å². The number of rotatable bonds is 12. The first-order valence-corrected chi connectivity index (χ1v) is 14.8. The number of aryl methyl sites for hydroxylation is 1. The predicted molar refractivity (Wildman–Crippen MR) is 156 cm³/mol. The Kier molecular flexibility index (Phi) is 10.5. The maximum atomic E-state index is 14.0. The summed E-state index contributed by atoms with van der Waals surface area (Å²) < 4.78 is 28.8. The molecule has 0 bridgehead atoms. The molecule has 0 heterocycles. The highest BCUT2D eigenvalue weighted by molar-refractivity contribution is 7.92. The smallest absolute Gasteiger partial charge is 0.264 e. The van der Waals surface area contributed by atoms with E-state index in [1.54, 1.807) is 36.4 Å². The third-order valence-electron chi connectivity index (χ3n) is 6.28. The lowest BCUT2D eigenvalue weighted by Crippen LogP contribution is -2.52. The van der Waals surface area contributed by atoms with E-state index in [1.165, 1.54) is 17.0 Å². The number of anilines is 1. The van der Waals surface area contributed by atoms with Gasteiger partial charge in [0.25, 0.3) is 10.0 Å². The molecule has 0 aliphatic heterocycles. The van der Waals surface area contributed by atoms with Gasteiger partial charge in [-0.2, -0.15) is 0 Å². The van der Waals surface area contributed by atoms with Gasteiger partial charge in [-0.1, -0.05) is 92.5 Å². The van der Waals surface area contributed by atoms with Gasteiger partial charge in [0.15, 0.2) is 0 Å². The fraction of sp³-hybridized carbons (Fsp3) is 0.333. The van der Waals surface area contributed by atoms with E-state index in [-0.39, 0.29) is 34.0 Å². The van der Waals surface area contributed by atoms with E-state index in [1.807, 2.05) is 58.0 Å². The molecule has 9 heteroatoms. The number of carbonyl (C=O) groups is 2. The second kappa shape index (κ2) is 13.6. The van der Waals surface area contributed by atoms with Crippen LogP contribution in [0.3, 0.4) is 0 Å². The van der Waals surface area contributed by atoms with Gasteiger partial charge in [0.1, 0.15) is 12.6 Å².